The van der Waals surface area contributed by atoms with Gasteiger partial charge in [0.05, 0.1) is 25.5 Å². The van der Waals surface area contributed by atoms with Crippen LogP contribution in [0.1, 0.15) is 5.56 Å². The minimum absolute atomic E-state index is 0.277. The molecule has 2 aromatic rings. The molecule has 2 rings (SSSR count). The van der Waals surface area contributed by atoms with Crippen LogP contribution < -0.4 is 20.2 Å². The summed E-state index contributed by atoms with van der Waals surface area (Å²) in [5.74, 6) is 0.756. The highest BCUT2D eigenvalue weighted by Crippen LogP contribution is 2.41. The molecule has 0 amide bonds. The number of benzene rings is 2. The van der Waals surface area contributed by atoms with E-state index in [1.807, 2.05) is 30.3 Å². The van der Waals surface area contributed by atoms with E-state index in [9.17, 15) is 0 Å². The van der Waals surface area contributed by atoms with E-state index < -0.39 is 0 Å². The molecule has 2 aromatic carbocycles. The number of nitrogens with zero attached hydrogens (tertiary/aromatic N) is 1. The van der Waals surface area contributed by atoms with Gasteiger partial charge in [0.1, 0.15) is 10.8 Å². The molecule has 0 spiro atoms. The molecular weight excluding hydrogens is 369 g/mol. The minimum atomic E-state index is 0.277. The molecule has 0 atom stereocenters. The predicted octanol–water partition coefficient (Wildman–Crippen LogP) is 4.33. The number of rotatable bonds is 5. The van der Waals surface area contributed by atoms with Gasteiger partial charge < -0.3 is 14.8 Å². The lowest BCUT2D eigenvalue weighted by Gasteiger charge is -2.12. The molecule has 0 aliphatic carbocycles. The average Bonchev–Trinajstić information content (AvgIpc) is 2.56. The third-order valence-corrected chi connectivity index (χ3v) is 3.79. The summed E-state index contributed by atoms with van der Waals surface area (Å²) in [7, 11) is 2.98. The van der Waals surface area contributed by atoms with Crippen molar-refractivity contribution < 1.29 is 9.47 Å². The Kier molecular flexibility index (Phi) is 6.66. The quantitative estimate of drug-likeness (QED) is 0.457. The van der Waals surface area contributed by atoms with Crippen LogP contribution >= 0.6 is 35.4 Å². The molecule has 0 aromatic heterocycles. The van der Waals surface area contributed by atoms with Crippen molar-refractivity contribution in [2.75, 3.05) is 19.5 Å². The SMILES string of the molecule is COc1c(Cl)cc(/C=N/NC(=S)Nc2ccccc2)c(OC)c1Cl. The minimum Gasteiger partial charge on any atom is -0.494 e. The number of hydrazone groups is 1. The third-order valence-electron chi connectivity index (χ3n) is 2.97. The Labute approximate surface area is 155 Å². The Morgan fingerprint density at radius 2 is 1.79 bits per heavy atom. The summed E-state index contributed by atoms with van der Waals surface area (Å²) < 4.78 is 10.4. The van der Waals surface area contributed by atoms with Gasteiger partial charge in [0.25, 0.3) is 0 Å². The summed E-state index contributed by atoms with van der Waals surface area (Å²) >= 11 is 17.5. The summed E-state index contributed by atoms with van der Waals surface area (Å²) in [6, 6.07) is 11.2. The van der Waals surface area contributed by atoms with Crippen LogP contribution in [0, 0.1) is 0 Å². The molecule has 0 fully saturated rings. The Bertz CT molecular complexity index is 755. The van der Waals surface area contributed by atoms with Gasteiger partial charge in [-0.05, 0) is 30.4 Å². The Balaban J connectivity index is 2.10. The van der Waals surface area contributed by atoms with Gasteiger partial charge in [0.15, 0.2) is 10.9 Å². The van der Waals surface area contributed by atoms with Crippen LogP contribution in [0.3, 0.4) is 0 Å². The zero-order valence-corrected chi connectivity index (χ0v) is 15.3. The molecule has 8 heteroatoms. The van der Waals surface area contributed by atoms with E-state index in [-0.39, 0.29) is 5.02 Å². The molecule has 24 heavy (non-hydrogen) atoms. The largest absolute Gasteiger partial charge is 0.494 e. The highest BCUT2D eigenvalue weighted by molar-refractivity contribution is 7.80. The highest BCUT2D eigenvalue weighted by atomic mass is 35.5. The number of para-hydroxylation sites is 1. The van der Waals surface area contributed by atoms with Crippen molar-refractivity contribution in [3.63, 3.8) is 0 Å². The Morgan fingerprint density at radius 1 is 1.12 bits per heavy atom. The highest BCUT2D eigenvalue weighted by Gasteiger charge is 2.16. The van der Waals surface area contributed by atoms with E-state index in [2.05, 4.69) is 15.8 Å². The lowest BCUT2D eigenvalue weighted by Crippen LogP contribution is -2.23. The van der Waals surface area contributed by atoms with Crippen LogP contribution in [0.4, 0.5) is 5.69 Å². The fourth-order valence-electron chi connectivity index (χ4n) is 1.93. The molecule has 2 N–H and O–H groups in total. The number of thiocarbonyl (C=S) groups is 1. The summed E-state index contributed by atoms with van der Waals surface area (Å²) in [6.07, 6.45) is 1.51. The summed E-state index contributed by atoms with van der Waals surface area (Å²) in [6.45, 7) is 0. The molecular formula is C16H15Cl2N3O2S. The Hall–Kier alpha value is -2.02. The van der Waals surface area contributed by atoms with Crippen LogP contribution in [-0.2, 0) is 0 Å². The van der Waals surface area contributed by atoms with E-state index in [0.29, 0.717) is 27.2 Å². The van der Waals surface area contributed by atoms with Crippen molar-refractivity contribution >= 4 is 52.4 Å². The van der Waals surface area contributed by atoms with Crippen molar-refractivity contribution in [1.29, 1.82) is 0 Å². The van der Waals surface area contributed by atoms with E-state index in [0.717, 1.165) is 5.69 Å². The number of anilines is 1. The normalized spacial score (nSPS) is 10.5. The van der Waals surface area contributed by atoms with Gasteiger partial charge in [-0.2, -0.15) is 5.10 Å². The maximum atomic E-state index is 6.21. The fourth-order valence-corrected chi connectivity index (χ4v) is 2.81. The molecule has 5 nitrogen and oxygen atoms in total. The first-order valence-corrected chi connectivity index (χ1v) is 7.98. The second kappa shape index (κ2) is 8.73. The van der Waals surface area contributed by atoms with Crippen molar-refractivity contribution in [2.24, 2.45) is 5.10 Å². The van der Waals surface area contributed by atoms with Gasteiger partial charge in [-0.25, -0.2) is 0 Å². The lowest BCUT2D eigenvalue weighted by molar-refractivity contribution is 0.394. The number of methoxy groups -OCH3 is 2. The van der Waals surface area contributed by atoms with Gasteiger partial charge in [-0.15, -0.1) is 0 Å². The maximum absolute atomic E-state index is 6.21. The summed E-state index contributed by atoms with van der Waals surface area (Å²) in [4.78, 5) is 0. The van der Waals surface area contributed by atoms with Crippen molar-refractivity contribution in [2.45, 2.75) is 0 Å². The predicted molar refractivity (Wildman–Crippen MR) is 103 cm³/mol. The zero-order chi connectivity index (χ0) is 17.5. The van der Waals surface area contributed by atoms with Crippen molar-refractivity contribution in [3.05, 3.63) is 52.0 Å². The first kappa shape index (κ1) is 18.3. The van der Waals surface area contributed by atoms with E-state index >= 15 is 0 Å². The van der Waals surface area contributed by atoms with Crippen molar-refractivity contribution in [3.8, 4) is 11.5 Å². The number of halogens is 2. The molecule has 0 saturated carbocycles. The number of ether oxygens (including phenoxy) is 2. The van der Waals surface area contributed by atoms with Gasteiger partial charge in [0, 0.05) is 11.3 Å². The average molecular weight is 384 g/mol. The van der Waals surface area contributed by atoms with Gasteiger partial charge in [-0.3, -0.25) is 5.43 Å². The number of hydrogen-bond donors (Lipinski definition) is 2. The van der Waals surface area contributed by atoms with Crippen molar-refractivity contribution in [1.82, 2.24) is 5.43 Å². The van der Waals surface area contributed by atoms with E-state index in [1.165, 1.54) is 20.4 Å². The first-order chi connectivity index (χ1) is 11.6. The molecule has 0 aliphatic rings. The van der Waals surface area contributed by atoms with Gasteiger partial charge >= 0.3 is 0 Å². The van der Waals surface area contributed by atoms with E-state index in [1.54, 1.807) is 6.07 Å². The van der Waals surface area contributed by atoms with Crippen LogP contribution in [0.15, 0.2) is 41.5 Å². The van der Waals surface area contributed by atoms with Gasteiger partial charge in [-0.1, -0.05) is 41.4 Å². The second-order valence-electron chi connectivity index (χ2n) is 4.52. The molecule has 0 radical (unpaired) electrons. The van der Waals surface area contributed by atoms with Crippen LogP contribution in [0.5, 0.6) is 11.5 Å². The molecule has 0 saturated heterocycles. The van der Waals surface area contributed by atoms with Crippen LogP contribution in [0.2, 0.25) is 10.0 Å². The zero-order valence-electron chi connectivity index (χ0n) is 13.0. The lowest BCUT2D eigenvalue weighted by atomic mass is 10.2. The van der Waals surface area contributed by atoms with E-state index in [4.69, 9.17) is 44.9 Å². The third kappa shape index (κ3) is 4.50. The molecule has 0 aliphatic heterocycles. The number of hydrogen-bond acceptors (Lipinski definition) is 4. The molecule has 126 valence electrons. The fraction of sp³-hybridized carbons (Fsp3) is 0.125. The van der Waals surface area contributed by atoms with Crippen LogP contribution in [-0.4, -0.2) is 25.5 Å². The van der Waals surface area contributed by atoms with Gasteiger partial charge in [0.2, 0.25) is 0 Å². The standard InChI is InChI=1S/C16H15Cl2N3O2S/c1-22-14-10(8-12(17)15(23-2)13(14)18)9-19-21-16(24)20-11-6-4-3-5-7-11/h3-9H,1-2H3,(H2,20,21,24)/b19-9+. The first-order valence-electron chi connectivity index (χ1n) is 6.82. The maximum Gasteiger partial charge on any atom is 0.191 e. The Morgan fingerprint density at radius 3 is 2.42 bits per heavy atom. The summed E-state index contributed by atoms with van der Waals surface area (Å²) in [5.41, 5.74) is 4.16. The molecule has 0 heterocycles. The monoisotopic (exact) mass is 383 g/mol. The topological polar surface area (TPSA) is 54.9 Å². The number of nitrogens with one attached hydrogen (secondary N) is 2. The van der Waals surface area contributed by atoms with Crippen LogP contribution in [0.25, 0.3) is 0 Å². The smallest absolute Gasteiger partial charge is 0.191 e. The molecule has 0 bridgehead atoms. The molecule has 0 unspecified atom stereocenters. The second-order valence-corrected chi connectivity index (χ2v) is 5.71. The summed E-state index contributed by atoms with van der Waals surface area (Å²) in [5, 5.41) is 8.05.